The van der Waals surface area contributed by atoms with Gasteiger partial charge in [0.15, 0.2) is 10.8 Å². The Morgan fingerprint density at radius 2 is 1.89 bits per heavy atom. The maximum Gasteiger partial charge on any atom is 0.260 e. The maximum absolute atomic E-state index is 13.3. The van der Waals surface area contributed by atoms with Gasteiger partial charge in [0.25, 0.3) is 10.0 Å². The molecule has 3 atom stereocenters. The van der Waals surface area contributed by atoms with Crippen molar-refractivity contribution < 1.29 is 27.5 Å². The van der Waals surface area contributed by atoms with Gasteiger partial charge in [0.1, 0.15) is 12.1 Å². The van der Waals surface area contributed by atoms with E-state index < -0.39 is 34.1 Å². The lowest BCUT2D eigenvalue weighted by Crippen LogP contribution is -2.54. The van der Waals surface area contributed by atoms with Crippen molar-refractivity contribution in [1.29, 1.82) is 0 Å². The summed E-state index contributed by atoms with van der Waals surface area (Å²) in [5.74, 6) is -0.722. The Hall–Kier alpha value is -2.37. The second kappa shape index (κ2) is 12.2. The molecule has 2 amide bonds. The number of hydrogen-bond acceptors (Lipinski definition) is 7. The van der Waals surface area contributed by atoms with Crippen molar-refractivity contribution in [2.45, 2.75) is 87.4 Å². The van der Waals surface area contributed by atoms with Gasteiger partial charge in [0.2, 0.25) is 11.8 Å². The van der Waals surface area contributed by atoms with Gasteiger partial charge in [-0.15, -0.1) is 0 Å². The second-order valence-electron chi connectivity index (χ2n) is 9.98. The monoisotopic (exact) mass is 520 g/mol. The quantitative estimate of drug-likeness (QED) is 0.531. The summed E-state index contributed by atoms with van der Waals surface area (Å²) in [4.78, 5) is 43.0. The summed E-state index contributed by atoms with van der Waals surface area (Å²) in [5, 5.41) is 5.60. The number of nitrogens with one attached hydrogen (secondary N) is 2. The number of sulfonamides is 1. The molecule has 11 heteroatoms. The van der Waals surface area contributed by atoms with Gasteiger partial charge in [-0.2, -0.15) is 4.31 Å². The number of carbonyl (C=O) groups excluding carboxylic acids is 3. The van der Waals surface area contributed by atoms with Crippen molar-refractivity contribution in [3.8, 4) is 0 Å². The predicted molar refractivity (Wildman–Crippen MR) is 131 cm³/mol. The first kappa shape index (κ1) is 26.7. The van der Waals surface area contributed by atoms with Crippen LogP contribution in [0.3, 0.4) is 0 Å². The van der Waals surface area contributed by atoms with Crippen LogP contribution in [0, 0.1) is 5.92 Å². The normalized spacial score (nSPS) is 25.2. The van der Waals surface area contributed by atoms with Crippen LogP contribution in [0.4, 0.5) is 0 Å². The van der Waals surface area contributed by atoms with Gasteiger partial charge < -0.3 is 15.4 Å². The van der Waals surface area contributed by atoms with E-state index in [1.807, 2.05) is 0 Å². The van der Waals surface area contributed by atoms with Crippen LogP contribution < -0.4 is 10.6 Å². The highest BCUT2D eigenvalue weighted by Gasteiger charge is 2.36. The second-order valence-corrected chi connectivity index (χ2v) is 11.9. The van der Waals surface area contributed by atoms with Crippen LogP contribution in [-0.2, 0) is 29.1 Å². The lowest BCUT2D eigenvalue weighted by molar-refractivity contribution is -0.135. The molecule has 2 saturated heterocycles. The van der Waals surface area contributed by atoms with Crippen LogP contribution in [0.25, 0.3) is 0 Å². The average molecular weight is 521 g/mol. The summed E-state index contributed by atoms with van der Waals surface area (Å²) >= 11 is 0. The first-order valence-corrected chi connectivity index (χ1v) is 14.4. The van der Waals surface area contributed by atoms with Crippen LogP contribution in [0.2, 0.25) is 0 Å². The summed E-state index contributed by atoms with van der Waals surface area (Å²) in [6.45, 7) is 0.365. The molecule has 0 spiro atoms. The smallest absolute Gasteiger partial charge is 0.260 e. The number of aromatic nitrogens is 1. The molecule has 4 rings (SSSR count). The highest BCUT2D eigenvalue weighted by Crippen LogP contribution is 2.28. The summed E-state index contributed by atoms with van der Waals surface area (Å²) in [7, 11) is -3.91. The molecule has 1 aromatic rings. The molecular formula is C25H36N4O6S. The summed E-state index contributed by atoms with van der Waals surface area (Å²) in [5.41, 5.74) is 0. The molecule has 1 saturated carbocycles. The molecule has 3 fully saturated rings. The molecule has 36 heavy (non-hydrogen) atoms. The van der Waals surface area contributed by atoms with E-state index in [2.05, 4.69) is 15.6 Å². The first-order chi connectivity index (χ1) is 17.3. The Kier molecular flexibility index (Phi) is 9.08. The highest BCUT2D eigenvalue weighted by atomic mass is 32.2. The fraction of sp³-hybridized carbons (Fsp3) is 0.680. The van der Waals surface area contributed by atoms with Crippen LogP contribution >= 0.6 is 0 Å². The van der Waals surface area contributed by atoms with E-state index in [-0.39, 0.29) is 29.8 Å². The molecule has 3 aliphatic rings. The fourth-order valence-corrected chi connectivity index (χ4v) is 6.67. The largest absolute Gasteiger partial charge is 0.368 e. The van der Waals surface area contributed by atoms with E-state index in [1.54, 1.807) is 12.1 Å². The fourth-order valence-electron chi connectivity index (χ4n) is 5.29. The van der Waals surface area contributed by atoms with E-state index >= 15 is 0 Å². The Balaban J connectivity index is 1.41. The van der Waals surface area contributed by atoms with Crippen LogP contribution in [0.5, 0.6) is 0 Å². The lowest BCUT2D eigenvalue weighted by atomic mass is 9.84. The Bertz CT molecular complexity index is 1020. The number of amides is 2. The van der Waals surface area contributed by atoms with Crippen molar-refractivity contribution >= 4 is 27.6 Å². The minimum atomic E-state index is -3.91. The number of hydrogen-bond donors (Lipinski definition) is 2. The van der Waals surface area contributed by atoms with Crippen molar-refractivity contribution in [2.75, 3.05) is 19.7 Å². The van der Waals surface area contributed by atoms with E-state index in [9.17, 15) is 22.8 Å². The Morgan fingerprint density at radius 1 is 1.08 bits per heavy atom. The van der Waals surface area contributed by atoms with Gasteiger partial charge >= 0.3 is 0 Å². The first-order valence-electron chi connectivity index (χ1n) is 13.0. The van der Waals surface area contributed by atoms with Gasteiger partial charge in [-0.25, -0.2) is 13.4 Å². The Morgan fingerprint density at radius 3 is 2.58 bits per heavy atom. The molecule has 3 heterocycles. The average Bonchev–Trinajstić information content (AvgIpc) is 3.36. The molecular weight excluding hydrogens is 484 g/mol. The third-order valence-corrected chi connectivity index (χ3v) is 9.09. The molecule has 1 aromatic heterocycles. The number of ether oxygens (including phenoxy) is 1. The van der Waals surface area contributed by atoms with E-state index in [1.165, 1.54) is 18.7 Å². The van der Waals surface area contributed by atoms with Crippen LogP contribution in [0.15, 0.2) is 29.4 Å². The number of Topliss-reactive ketones (excluding diaryl/α,β-unsaturated/α-hetero) is 1. The minimum absolute atomic E-state index is 0.107. The maximum atomic E-state index is 13.3. The highest BCUT2D eigenvalue weighted by molar-refractivity contribution is 7.89. The van der Waals surface area contributed by atoms with Crippen molar-refractivity contribution in [2.24, 2.45) is 5.92 Å². The zero-order chi connectivity index (χ0) is 25.5. The molecule has 2 aliphatic heterocycles. The molecule has 0 aromatic carbocycles. The van der Waals surface area contributed by atoms with Gasteiger partial charge in [0, 0.05) is 19.3 Å². The Labute approximate surface area is 212 Å². The third kappa shape index (κ3) is 6.68. The molecule has 1 aliphatic carbocycles. The minimum Gasteiger partial charge on any atom is -0.368 e. The predicted octanol–water partition coefficient (Wildman–Crippen LogP) is 1.55. The summed E-state index contributed by atoms with van der Waals surface area (Å²) < 4.78 is 32.5. The summed E-state index contributed by atoms with van der Waals surface area (Å²) in [6, 6.07) is 3.04. The van der Waals surface area contributed by atoms with E-state index in [0.717, 1.165) is 36.4 Å². The molecule has 198 valence electrons. The van der Waals surface area contributed by atoms with Gasteiger partial charge in [-0.3, -0.25) is 14.4 Å². The number of nitrogens with zero attached hydrogens (tertiary/aromatic N) is 2. The lowest BCUT2D eigenvalue weighted by Gasteiger charge is -2.28. The van der Waals surface area contributed by atoms with Gasteiger partial charge in [-0.1, -0.05) is 38.2 Å². The van der Waals surface area contributed by atoms with E-state index in [0.29, 0.717) is 38.2 Å². The van der Waals surface area contributed by atoms with E-state index in [4.69, 9.17) is 4.74 Å². The molecule has 0 radical (unpaired) electrons. The zero-order valence-corrected chi connectivity index (χ0v) is 21.4. The third-order valence-electron chi connectivity index (χ3n) is 7.33. The molecule has 1 unspecified atom stereocenters. The van der Waals surface area contributed by atoms with Crippen molar-refractivity contribution in [3.05, 3.63) is 24.4 Å². The number of carbonyl (C=O) groups is 3. The SMILES string of the molecule is O=C(N[C@H]1CCCN(S(=O)(=O)c2ccccn2)CC1=O)C(CC1CCCCC1)NC(=O)[C@@H]1CCCO1. The number of pyridine rings is 1. The van der Waals surface area contributed by atoms with Crippen LogP contribution in [-0.4, -0.2) is 73.2 Å². The summed E-state index contributed by atoms with van der Waals surface area (Å²) in [6.07, 6.45) is 8.99. The molecule has 10 nitrogen and oxygen atoms in total. The van der Waals surface area contributed by atoms with Crippen LogP contribution in [0.1, 0.15) is 64.2 Å². The number of rotatable bonds is 8. The number of ketones is 1. The van der Waals surface area contributed by atoms with Crippen molar-refractivity contribution in [3.63, 3.8) is 0 Å². The van der Waals surface area contributed by atoms with Gasteiger partial charge in [-0.05, 0) is 50.2 Å². The zero-order valence-electron chi connectivity index (χ0n) is 20.6. The van der Waals surface area contributed by atoms with Gasteiger partial charge in [0.05, 0.1) is 12.6 Å². The molecule has 2 N–H and O–H groups in total. The molecule has 0 bridgehead atoms. The standard InChI is InChI=1S/C25H36N4O6S/c30-21-17-29(36(33,34)23-12-4-5-13-26-23)14-6-10-19(21)27-24(31)20(16-18-8-2-1-3-9-18)28-25(32)22-11-7-15-35-22/h4-5,12-13,18-20,22H,1-3,6-11,14-17H2,(H,27,31)(H,28,32)/t19-,20?,22-/m0/s1. The van der Waals surface area contributed by atoms with Crippen molar-refractivity contribution in [1.82, 2.24) is 19.9 Å². The topological polar surface area (TPSA) is 135 Å².